The number of sulfonamides is 1. The number of fused-ring (bicyclic) bond motifs is 2. The second-order valence-electron chi connectivity index (χ2n) is 8.86. The molecule has 2 aromatic rings. The Bertz CT molecular complexity index is 1160. The highest BCUT2D eigenvalue weighted by Crippen LogP contribution is 2.40. The Labute approximate surface area is 196 Å². The fourth-order valence-corrected chi connectivity index (χ4v) is 5.39. The zero-order chi connectivity index (χ0) is 24.0. The molecule has 0 unspecified atom stereocenters. The summed E-state index contributed by atoms with van der Waals surface area (Å²) in [6.07, 6.45) is 5.68. The number of nitrogens with one attached hydrogen (secondary N) is 1. The van der Waals surface area contributed by atoms with Crippen LogP contribution in [-0.2, 0) is 14.8 Å². The van der Waals surface area contributed by atoms with Crippen molar-refractivity contribution in [1.29, 1.82) is 0 Å². The summed E-state index contributed by atoms with van der Waals surface area (Å²) in [5.41, 5.74) is -1.38. The monoisotopic (exact) mass is 497 g/mol. The number of aromatic nitrogens is 2. The number of hydrogen-bond donors (Lipinski definition) is 2. The van der Waals surface area contributed by atoms with E-state index in [0.29, 0.717) is 18.7 Å². The van der Waals surface area contributed by atoms with Crippen LogP contribution < -0.4 is 20.1 Å². The van der Waals surface area contributed by atoms with Gasteiger partial charge in [-0.05, 0) is 57.7 Å². The molecule has 0 aliphatic carbocycles. The molecule has 178 valence electrons. The molecule has 1 amide bonds. The zero-order valence-electron chi connectivity index (χ0n) is 18.2. The number of halogens is 2. The lowest BCUT2D eigenvalue weighted by Gasteiger charge is -2.41. The number of piperidine rings is 1. The molecule has 33 heavy (non-hydrogen) atoms. The number of hydrogen-bond acceptors (Lipinski definition) is 7. The Kier molecular flexibility index (Phi) is 6.23. The standard InChI is InChI=1S/C21H25ClFN5O4S/c1-21(2,32-19-16(23)8-12(22)11-26-19)20(29)27-13-9-14-5-6-15(10-13)28(14)18-17(33(24,30)31)4-3-7-25-18/h3-4,7-8,11,13-15H,5-6,9-10H2,1-2H3,(H,27,29)(H2,24,30,31)/t14-,15-/m0/s1. The summed E-state index contributed by atoms with van der Waals surface area (Å²) in [7, 11) is -3.93. The van der Waals surface area contributed by atoms with Crippen molar-refractivity contribution in [1.82, 2.24) is 15.3 Å². The molecule has 2 aliphatic heterocycles. The highest BCUT2D eigenvalue weighted by atomic mass is 35.5. The summed E-state index contributed by atoms with van der Waals surface area (Å²) >= 11 is 5.72. The normalized spacial score (nSPS) is 22.8. The minimum atomic E-state index is -3.93. The van der Waals surface area contributed by atoms with E-state index in [4.69, 9.17) is 21.5 Å². The van der Waals surface area contributed by atoms with E-state index in [0.717, 1.165) is 18.9 Å². The fraction of sp³-hybridized carbons (Fsp3) is 0.476. The molecule has 2 bridgehead atoms. The van der Waals surface area contributed by atoms with Crippen LogP contribution in [0.3, 0.4) is 0 Å². The van der Waals surface area contributed by atoms with Crippen LogP contribution in [0, 0.1) is 5.82 Å². The molecule has 0 saturated carbocycles. The van der Waals surface area contributed by atoms with Gasteiger partial charge in [-0.1, -0.05) is 11.6 Å². The Morgan fingerprint density at radius 2 is 1.97 bits per heavy atom. The third-order valence-corrected chi connectivity index (χ3v) is 7.18. The Hall–Kier alpha value is -2.50. The number of carbonyl (C=O) groups excluding carboxylic acids is 1. The van der Waals surface area contributed by atoms with Crippen molar-refractivity contribution in [3.63, 3.8) is 0 Å². The average Bonchev–Trinajstić information content (AvgIpc) is 2.99. The molecule has 2 aliphatic rings. The van der Waals surface area contributed by atoms with Gasteiger partial charge in [0.2, 0.25) is 10.0 Å². The van der Waals surface area contributed by atoms with Crippen LogP contribution in [0.4, 0.5) is 10.2 Å². The van der Waals surface area contributed by atoms with E-state index in [1.165, 1.54) is 26.1 Å². The van der Waals surface area contributed by atoms with Gasteiger partial charge in [-0.3, -0.25) is 4.79 Å². The molecule has 2 saturated heterocycles. The SMILES string of the molecule is CC(C)(Oc1ncc(Cl)cc1F)C(=O)NC1C[C@@H]2CC[C@@H](C1)N2c1ncccc1S(N)(=O)=O. The summed E-state index contributed by atoms with van der Waals surface area (Å²) in [5, 5.41) is 8.52. The maximum absolute atomic E-state index is 14.1. The van der Waals surface area contributed by atoms with Crippen molar-refractivity contribution in [3.05, 3.63) is 41.4 Å². The highest BCUT2D eigenvalue weighted by molar-refractivity contribution is 7.89. The van der Waals surface area contributed by atoms with Gasteiger partial charge in [0.25, 0.3) is 11.8 Å². The van der Waals surface area contributed by atoms with Gasteiger partial charge in [0, 0.05) is 30.5 Å². The van der Waals surface area contributed by atoms with E-state index >= 15 is 0 Å². The predicted molar refractivity (Wildman–Crippen MR) is 120 cm³/mol. The molecular formula is C21H25ClFN5O4S. The van der Waals surface area contributed by atoms with Gasteiger partial charge in [0.15, 0.2) is 11.4 Å². The third kappa shape index (κ3) is 4.90. The summed E-state index contributed by atoms with van der Waals surface area (Å²) in [6.45, 7) is 3.07. The van der Waals surface area contributed by atoms with Gasteiger partial charge in [-0.15, -0.1) is 0 Å². The number of nitrogens with zero attached hydrogens (tertiary/aromatic N) is 3. The number of ether oxygens (including phenoxy) is 1. The van der Waals surface area contributed by atoms with Crippen LogP contribution in [0.1, 0.15) is 39.5 Å². The second kappa shape index (κ2) is 8.69. The molecular weight excluding hydrogens is 473 g/mol. The maximum atomic E-state index is 14.1. The van der Waals surface area contributed by atoms with Crippen LogP contribution in [0.5, 0.6) is 5.88 Å². The molecule has 2 fully saturated rings. The van der Waals surface area contributed by atoms with Crippen LogP contribution in [0.2, 0.25) is 5.02 Å². The van der Waals surface area contributed by atoms with Gasteiger partial charge >= 0.3 is 0 Å². The van der Waals surface area contributed by atoms with E-state index in [1.807, 2.05) is 4.90 Å². The molecule has 0 spiro atoms. The van der Waals surface area contributed by atoms with Crippen LogP contribution in [-0.4, -0.2) is 48.0 Å². The molecule has 2 aromatic heterocycles. The number of carbonyl (C=O) groups is 1. The number of nitrogens with two attached hydrogens (primary N) is 1. The quantitative estimate of drug-likeness (QED) is 0.627. The predicted octanol–water partition coefficient (Wildman–Crippen LogP) is 2.39. The van der Waals surface area contributed by atoms with Crippen LogP contribution in [0.15, 0.2) is 35.5 Å². The van der Waals surface area contributed by atoms with Crippen molar-refractivity contribution in [2.45, 2.75) is 68.2 Å². The summed E-state index contributed by atoms with van der Waals surface area (Å²) in [4.78, 5) is 23.1. The second-order valence-corrected chi connectivity index (χ2v) is 10.8. The van der Waals surface area contributed by atoms with E-state index < -0.39 is 27.3 Å². The smallest absolute Gasteiger partial charge is 0.263 e. The first-order chi connectivity index (χ1) is 15.5. The number of primary sulfonamides is 1. The molecule has 0 radical (unpaired) electrons. The third-order valence-electron chi connectivity index (χ3n) is 6.04. The summed E-state index contributed by atoms with van der Waals surface area (Å²) in [6, 6.07) is 3.91. The van der Waals surface area contributed by atoms with Crippen molar-refractivity contribution in [3.8, 4) is 5.88 Å². The molecule has 9 nitrogen and oxygen atoms in total. The minimum absolute atomic E-state index is 0.00332. The van der Waals surface area contributed by atoms with Crippen molar-refractivity contribution < 1.29 is 22.3 Å². The lowest BCUT2D eigenvalue weighted by atomic mass is 9.96. The van der Waals surface area contributed by atoms with Gasteiger partial charge in [0.05, 0.1) is 5.02 Å². The van der Waals surface area contributed by atoms with Crippen molar-refractivity contribution in [2.75, 3.05) is 4.90 Å². The van der Waals surface area contributed by atoms with E-state index in [-0.39, 0.29) is 33.9 Å². The Morgan fingerprint density at radius 1 is 1.30 bits per heavy atom. The molecule has 3 N–H and O–H groups in total. The Morgan fingerprint density at radius 3 is 2.58 bits per heavy atom. The molecule has 0 aromatic carbocycles. The maximum Gasteiger partial charge on any atom is 0.263 e. The number of rotatable bonds is 6. The molecule has 2 atom stereocenters. The van der Waals surface area contributed by atoms with Crippen LogP contribution >= 0.6 is 11.6 Å². The topological polar surface area (TPSA) is 128 Å². The van der Waals surface area contributed by atoms with Gasteiger partial charge in [0.1, 0.15) is 10.7 Å². The van der Waals surface area contributed by atoms with Gasteiger partial charge in [-0.2, -0.15) is 0 Å². The van der Waals surface area contributed by atoms with E-state index in [2.05, 4.69) is 15.3 Å². The first kappa shape index (κ1) is 23.7. The number of pyridine rings is 2. The fourth-order valence-electron chi connectivity index (χ4n) is 4.56. The highest BCUT2D eigenvalue weighted by Gasteiger charge is 2.44. The molecule has 4 rings (SSSR count). The zero-order valence-corrected chi connectivity index (χ0v) is 19.7. The van der Waals surface area contributed by atoms with Gasteiger partial charge in [-0.25, -0.2) is 27.9 Å². The summed E-state index contributed by atoms with van der Waals surface area (Å²) < 4.78 is 43.7. The number of amides is 1. The molecule has 4 heterocycles. The molecule has 12 heteroatoms. The number of anilines is 1. The van der Waals surface area contributed by atoms with Crippen LogP contribution in [0.25, 0.3) is 0 Å². The minimum Gasteiger partial charge on any atom is -0.459 e. The largest absolute Gasteiger partial charge is 0.459 e. The lowest BCUT2D eigenvalue weighted by Crippen LogP contribution is -2.55. The van der Waals surface area contributed by atoms with Gasteiger partial charge < -0.3 is 15.0 Å². The first-order valence-electron chi connectivity index (χ1n) is 10.5. The summed E-state index contributed by atoms with van der Waals surface area (Å²) in [5.74, 6) is -1.11. The van der Waals surface area contributed by atoms with E-state index in [1.54, 1.807) is 12.3 Å². The average molecular weight is 498 g/mol. The Balaban J connectivity index is 1.46. The first-order valence-corrected chi connectivity index (χ1v) is 12.5. The van der Waals surface area contributed by atoms with Crippen molar-refractivity contribution >= 4 is 33.3 Å². The van der Waals surface area contributed by atoms with Crippen molar-refractivity contribution in [2.24, 2.45) is 5.14 Å². The lowest BCUT2D eigenvalue weighted by molar-refractivity contribution is -0.135. The van der Waals surface area contributed by atoms with E-state index in [9.17, 15) is 17.6 Å².